The number of hydrogen-bond acceptors (Lipinski definition) is 2. The molecule has 0 spiro atoms. The third-order valence-electron chi connectivity index (χ3n) is 1.35. The number of carbonyl (C=O) groups excluding carboxylic acids is 1. The molecule has 1 aromatic rings. The lowest BCUT2D eigenvalue weighted by atomic mass is 10.1. The molecule has 0 aliphatic carbocycles. The zero-order valence-electron chi connectivity index (χ0n) is 5.95. The highest BCUT2D eigenvalue weighted by molar-refractivity contribution is 7.80. The Balaban J connectivity index is 3.13. The Hall–Kier alpha value is -1.02. The first-order chi connectivity index (χ1) is 5.25. The van der Waals surface area contributed by atoms with Crippen molar-refractivity contribution in [2.45, 2.75) is 4.90 Å². The highest BCUT2D eigenvalue weighted by Gasteiger charge is 2.02. The maximum Gasteiger partial charge on any atom is 0.186 e. The van der Waals surface area contributed by atoms with Crippen molar-refractivity contribution in [2.75, 3.05) is 0 Å². The van der Waals surface area contributed by atoms with E-state index < -0.39 is 0 Å². The number of carbonyl (C=O) groups is 1. The standard InChI is InChI=1S/C9H8OS/c1-2-8(10)7-5-3-4-6-9(7)11/h2-6,11H,1H2. The molecular formula is C9H8OS. The normalized spacial score (nSPS) is 9.18. The molecule has 0 unspecified atom stereocenters. The van der Waals surface area contributed by atoms with Gasteiger partial charge in [0.2, 0.25) is 0 Å². The van der Waals surface area contributed by atoms with Crippen molar-refractivity contribution in [3.05, 3.63) is 42.5 Å². The van der Waals surface area contributed by atoms with E-state index in [1.54, 1.807) is 18.2 Å². The average molecular weight is 164 g/mol. The van der Waals surface area contributed by atoms with Crippen LogP contribution in [-0.4, -0.2) is 5.78 Å². The molecule has 0 amide bonds. The van der Waals surface area contributed by atoms with Crippen molar-refractivity contribution in [1.29, 1.82) is 0 Å². The monoisotopic (exact) mass is 164 g/mol. The van der Waals surface area contributed by atoms with Gasteiger partial charge in [0.25, 0.3) is 0 Å². The van der Waals surface area contributed by atoms with E-state index in [0.29, 0.717) is 10.5 Å². The van der Waals surface area contributed by atoms with E-state index in [9.17, 15) is 4.79 Å². The molecule has 0 saturated carbocycles. The topological polar surface area (TPSA) is 17.1 Å². The molecule has 0 radical (unpaired) electrons. The number of benzene rings is 1. The molecule has 1 rings (SSSR count). The predicted molar refractivity (Wildman–Crippen MR) is 48.2 cm³/mol. The number of allylic oxidation sites excluding steroid dienone is 1. The minimum Gasteiger partial charge on any atom is -0.289 e. The average Bonchev–Trinajstić information content (AvgIpc) is 2.04. The van der Waals surface area contributed by atoms with E-state index in [1.807, 2.05) is 6.07 Å². The smallest absolute Gasteiger partial charge is 0.186 e. The molecule has 1 nitrogen and oxygen atoms in total. The van der Waals surface area contributed by atoms with E-state index >= 15 is 0 Å². The third-order valence-corrected chi connectivity index (χ3v) is 1.74. The van der Waals surface area contributed by atoms with Crippen molar-refractivity contribution in [3.8, 4) is 0 Å². The Bertz CT molecular complexity index is 291. The van der Waals surface area contributed by atoms with Crippen molar-refractivity contribution in [3.63, 3.8) is 0 Å². The Labute approximate surface area is 71.2 Å². The summed E-state index contributed by atoms with van der Waals surface area (Å²) in [6, 6.07) is 7.14. The lowest BCUT2D eigenvalue weighted by Gasteiger charge is -1.97. The summed E-state index contributed by atoms with van der Waals surface area (Å²) < 4.78 is 0. The third kappa shape index (κ3) is 1.71. The molecule has 0 heterocycles. The van der Waals surface area contributed by atoms with E-state index in [-0.39, 0.29) is 5.78 Å². The largest absolute Gasteiger partial charge is 0.289 e. The second-order valence-electron chi connectivity index (χ2n) is 2.09. The summed E-state index contributed by atoms with van der Waals surface area (Å²) >= 11 is 4.12. The fourth-order valence-electron chi connectivity index (χ4n) is 0.792. The van der Waals surface area contributed by atoms with Crippen LogP contribution in [0.3, 0.4) is 0 Å². The fourth-order valence-corrected chi connectivity index (χ4v) is 1.06. The summed E-state index contributed by atoms with van der Waals surface area (Å²) in [7, 11) is 0. The molecule has 0 aliphatic heterocycles. The molecule has 0 N–H and O–H groups in total. The van der Waals surface area contributed by atoms with Crippen LogP contribution in [0.5, 0.6) is 0 Å². The van der Waals surface area contributed by atoms with Gasteiger partial charge >= 0.3 is 0 Å². The SMILES string of the molecule is C=CC(=O)c1ccccc1S. The second-order valence-corrected chi connectivity index (χ2v) is 2.57. The van der Waals surface area contributed by atoms with Gasteiger partial charge in [-0.2, -0.15) is 0 Å². The predicted octanol–water partition coefficient (Wildman–Crippen LogP) is 2.34. The summed E-state index contributed by atoms with van der Waals surface area (Å²) in [6.45, 7) is 3.39. The Kier molecular flexibility index (Phi) is 2.49. The van der Waals surface area contributed by atoms with Crippen LogP contribution in [0.1, 0.15) is 10.4 Å². The quantitative estimate of drug-likeness (QED) is 0.403. The van der Waals surface area contributed by atoms with Crippen LogP contribution in [0.15, 0.2) is 41.8 Å². The van der Waals surface area contributed by atoms with Crippen LogP contribution in [0.2, 0.25) is 0 Å². The molecule has 0 aromatic heterocycles. The summed E-state index contributed by atoms with van der Waals surface area (Å²) in [4.78, 5) is 11.8. The molecule has 0 saturated heterocycles. The molecule has 0 fully saturated rings. The van der Waals surface area contributed by atoms with E-state index in [4.69, 9.17) is 0 Å². The summed E-state index contributed by atoms with van der Waals surface area (Å²) in [5.41, 5.74) is 0.603. The summed E-state index contributed by atoms with van der Waals surface area (Å²) in [6.07, 6.45) is 1.29. The van der Waals surface area contributed by atoms with Crippen molar-refractivity contribution >= 4 is 18.4 Å². The van der Waals surface area contributed by atoms with Crippen LogP contribution in [0.25, 0.3) is 0 Å². The van der Waals surface area contributed by atoms with Gasteiger partial charge in [0.05, 0.1) is 0 Å². The second kappa shape index (κ2) is 3.39. The van der Waals surface area contributed by atoms with Gasteiger partial charge in [-0.15, -0.1) is 12.6 Å². The van der Waals surface area contributed by atoms with Gasteiger partial charge in [0, 0.05) is 10.5 Å². The Morgan fingerprint density at radius 1 is 1.45 bits per heavy atom. The molecule has 0 bridgehead atoms. The van der Waals surface area contributed by atoms with E-state index in [1.165, 1.54) is 6.08 Å². The Morgan fingerprint density at radius 2 is 2.09 bits per heavy atom. The van der Waals surface area contributed by atoms with Gasteiger partial charge in [0.1, 0.15) is 0 Å². The van der Waals surface area contributed by atoms with E-state index in [2.05, 4.69) is 19.2 Å². The minimum absolute atomic E-state index is 0.0874. The van der Waals surface area contributed by atoms with Crippen LogP contribution >= 0.6 is 12.6 Å². The Morgan fingerprint density at radius 3 is 2.64 bits per heavy atom. The highest BCUT2D eigenvalue weighted by Crippen LogP contribution is 2.13. The lowest BCUT2D eigenvalue weighted by Crippen LogP contribution is -1.93. The van der Waals surface area contributed by atoms with Gasteiger partial charge < -0.3 is 0 Å². The number of hydrogen-bond donors (Lipinski definition) is 1. The van der Waals surface area contributed by atoms with E-state index in [0.717, 1.165) is 0 Å². The summed E-state index contributed by atoms with van der Waals surface area (Å²) in [5, 5.41) is 0. The van der Waals surface area contributed by atoms with Crippen LogP contribution in [-0.2, 0) is 0 Å². The lowest BCUT2D eigenvalue weighted by molar-refractivity contribution is 0.104. The zero-order valence-corrected chi connectivity index (χ0v) is 6.84. The fraction of sp³-hybridized carbons (Fsp3) is 0. The first-order valence-electron chi connectivity index (χ1n) is 3.20. The minimum atomic E-state index is -0.0874. The summed E-state index contributed by atoms with van der Waals surface area (Å²) in [5.74, 6) is -0.0874. The molecule has 0 aliphatic rings. The molecule has 0 atom stereocenters. The van der Waals surface area contributed by atoms with Gasteiger partial charge in [-0.3, -0.25) is 4.79 Å². The molecule has 2 heteroatoms. The highest BCUT2D eigenvalue weighted by atomic mass is 32.1. The number of rotatable bonds is 2. The molecule has 56 valence electrons. The van der Waals surface area contributed by atoms with Crippen LogP contribution in [0, 0.1) is 0 Å². The number of thiol groups is 1. The van der Waals surface area contributed by atoms with Gasteiger partial charge in [-0.05, 0) is 18.2 Å². The van der Waals surface area contributed by atoms with Crippen LogP contribution in [0.4, 0.5) is 0 Å². The van der Waals surface area contributed by atoms with Gasteiger partial charge in [0.15, 0.2) is 5.78 Å². The molecular weight excluding hydrogens is 156 g/mol. The molecule has 1 aromatic carbocycles. The maximum atomic E-state index is 11.1. The first-order valence-corrected chi connectivity index (χ1v) is 3.65. The first kappa shape index (κ1) is 8.08. The van der Waals surface area contributed by atoms with Crippen molar-refractivity contribution < 1.29 is 4.79 Å². The van der Waals surface area contributed by atoms with Gasteiger partial charge in [-0.25, -0.2) is 0 Å². The van der Waals surface area contributed by atoms with Crippen molar-refractivity contribution in [2.24, 2.45) is 0 Å². The zero-order chi connectivity index (χ0) is 8.27. The number of ketones is 1. The molecule has 11 heavy (non-hydrogen) atoms. The maximum absolute atomic E-state index is 11.1. The van der Waals surface area contributed by atoms with Crippen molar-refractivity contribution in [1.82, 2.24) is 0 Å². The van der Waals surface area contributed by atoms with Crippen LogP contribution < -0.4 is 0 Å². The van der Waals surface area contributed by atoms with Gasteiger partial charge in [-0.1, -0.05) is 18.7 Å².